The Morgan fingerprint density at radius 1 is 1.43 bits per heavy atom. The van der Waals surface area contributed by atoms with Crippen molar-refractivity contribution in [3.8, 4) is 0 Å². The Morgan fingerprint density at radius 3 is 2.90 bits per heavy atom. The molecule has 1 aromatic carbocycles. The lowest BCUT2D eigenvalue weighted by Crippen LogP contribution is -2.34. The molecule has 1 fully saturated rings. The third kappa shape index (κ3) is 4.87. The van der Waals surface area contributed by atoms with Gasteiger partial charge in [0.05, 0.1) is 6.10 Å². The molecule has 0 aliphatic carbocycles. The van der Waals surface area contributed by atoms with Crippen LogP contribution in [0, 0.1) is 0 Å². The molecule has 0 saturated carbocycles. The molecule has 118 valence electrons. The number of hydrogen-bond acceptors (Lipinski definition) is 3. The fourth-order valence-electron chi connectivity index (χ4n) is 2.87. The van der Waals surface area contributed by atoms with Crippen molar-refractivity contribution in [2.24, 2.45) is 5.73 Å². The van der Waals surface area contributed by atoms with E-state index in [4.69, 9.17) is 22.1 Å². The minimum absolute atomic E-state index is 0.182. The predicted molar refractivity (Wildman–Crippen MR) is 90.3 cm³/mol. The highest BCUT2D eigenvalue weighted by molar-refractivity contribution is 6.30. The lowest BCUT2D eigenvalue weighted by Gasteiger charge is -2.30. The molecule has 2 rings (SSSR count). The van der Waals surface area contributed by atoms with E-state index in [9.17, 15) is 0 Å². The van der Waals surface area contributed by atoms with E-state index >= 15 is 0 Å². The summed E-state index contributed by atoms with van der Waals surface area (Å²) in [5.74, 6) is 0. The van der Waals surface area contributed by atoms with Gasteiger partial charge in [-0.25, -0.2) is 0 Å². The van der Waals surface area contributed by atoms with E-state index in [2.05, 4.69) is 24.9 Å². The Bertz CT molecular complexity index is 446. The number of halogens is 1. The van der Waals surface area contributed by atoms with Crippen LogP contribution in [-0.4, -0.2) is 32.3 Å². The van der Waals surface area contributed by atoms with Crippen LogP contribution in [-0.2, 0) is 11.2 Å². The van der Waals surface area contributed by atoms with Gasteiger partial charge in [0, 0.05) is 37.0 Å². The van der Waals surface area contributed by atoms with Crippen molar-refractivity contribution >= 4 is 17.3 Å². The molecule has 1 aliphatic rings. The van der Waals surface area contributed by atoms with E-state index in [-0.39, 0.29) is 6.04 Å². The van der Waals surface area contributed by atoms with Gasteiger partial charge in [-0.1, -0.05) is 18.5 Å². The van der Waals surface area contributed by atoms with Gasteiger partial charge in [0.15, 0.2) is 0 Å². The first kappa shape index (κ1) is 16.6. The molecule has 1 heterocycles. The number of likely N-dealkylation sites (N-methyl/N-ethyl adjacent to an activating group) is 1. The quantitative estimate of drug-likeness (QED) is 0.872. The molecule has 3 nitrogen and oxygen atoms in total. The van der Waals surface area contributed by atoms with Crippen LogP contribution in [0.2, 0.25) is 5.02 Å². The number of benzene rings is 1. The Hall–Kier alpha value is -0.770. The Labute approximate surface area is 133 Å². The normalized spacial score (nSPS) is 20.3. The lowest BCUT2D eigenvalue weighted by molar-refractivity contribution is 0.0216. The number of nitrogens with zero attached hydrogens (tertiary/aromatic N) is 1. The van der Waals surface area contributed by atoms with Crippen LogP contribution < -0.4 is 10.6 Å². The summed E-state index contributed by atoms with van der Waals surface area (Å²) in [6, 6.07) is 6.28. The maximum absolute atomic E-state index is 6.16. The maximum atomic E-state index is 6.16. The zero-order valence-electron chi connectivity index (χ0n) is 13.1. The monoisotopic (exact) mass is 310 g/mol. The second-order valence-electron chi connectivity index (χ2n) is 6.01. The van der Waals surface area contributed by atoms with Crippen molar-refractivity contribution < 1.29 is 4.74 Å². The summed E-state index contributed by atoms with van der Waals surface area (Å²) >= 11 is 6.16. The summed E-state index contributed by atoms with van der Waals surface area (Å²) < 4.78 is 5.84. The number of ether oxygens (including phenoxy) is 1. The second kappa shape index (κ2) is 8.02. The van der Waals surface area contributed by atoms with Crippen LogP contribution in [0.3, 0.4) is 0 Å². The Kier molecular flexibility index (Phi) is 6.34. The highest BCUT2D eigenvalue weighted by Gasteiger charge is 2.18. The van der Waals surface area contributed by atoms with Crippen molar-refractivity contribution in [3.63, 3.8) is 0 Å². The summed E-state index contributed by atoms with van der Waals surface area (Å²) in [7, 11) is 2.13. The van der Waals surface area contributed by atoms with E-state index in [1.807, 2.05) is 12.1 Å². The van der Waals surface area contributed by atoms with Gasteiger partial charge in [-0.15, -0.1) is 0 Å². The number of rotatable bonds is 6. The van der Waals surface area contributed by atoms with Crippen LogP contribution in [0.4, 0.5) is 5.69 Å². The van der Waals surface area contributed by atoms with E-state index in [1.165, 1.54) is 24.1 Å². The third-order valence-electron chi connectivity index (χ3n) is 4.21. The van der Waals surface area contributed by atoms with Crippen LogP contribution >= 0.6 is 11.6 Å². The third-order valence-corrected chi connectivity index (χ3v) is 4.45. The van der Waals surface area contributed by atoms with Crippen molar-refractivity contribution in [2.75, 3.05) is 25.1 Å². The molecule has 0 amide bonds. The zero-order valence-corrected chi connectivity index (χ0v) is 13.9. The van der Waals surface area contributed by atoms with Crippen LogP contribution in [0.15, 0.2) is 18.2 Å². The molecule has 2 N–H and O–H groups in total. The van der Waals surface area contributed by atoms with Gasteiger partial charge in [-0.3, -0.25) is 0 Å². The van der Waals surface area contributed by atoms with Gasteiger partial charge in [-0.05, 0) is 55.9 Å². The van der Waals surface area contributed by atoms with Crippen LogP contribution in [0.1, 0.15) is 38.2 Å². The summed E-state index contributed by atoms with van der Waals surface area (Å²) in [5, 5.41) is 0.777. The van der Waals surface area contributed by atoms with E-state index in [1.54, 1.807) is 0 Å². The molecular formula is C17H27ClN2O. The van der Waals surface area contributed by atoms with Gasteiger partial charge < -0.3 is 15.4 Å². The number of hydrogen-bond donors (Lipinski definition) is 1. The summed E-state index contributed by atoms with van der Waals surface area (Å²) in [6.07, 6.45) is 5.79. The summed E-state index contributed by atoms with van der Waals surface area (Å²) in [5.41, 5.74) is 8.57. The Morgan fingerprint density at radius 2 is 2.24 bits per heavy atom. The molecule has 0 aromatic heterocycles. The molecule has 1 aromatic rings. The van der Waals surface area contributed by atoms with Crippen molar-refractivity contribution in [1.29, 1.82) is 0 Å². The van der Waals surface area contributed by atoms with Crippen LogP contribution in [0.25, 0.3) is 0 Å². The molecule has 0 spiro atoms. The van der Waals surface area contributed by atoms with Crippen molar-refractivity contribution in [2.45, 2.75) is 51.2 Å². The summed E-state index contributed by atoms with van der Waals surface area (Å²) in [6.45, 7) is 3.94. The van der Waals surface area contributed by atoms with Crippen molar-refractivity contribution in [3.05, 3.63) is 28.8 Å². The first-order valence-electron chi connectivity index (χ1n) is 7.97. The maximum Gasteiger partial charge on any atom is 0.0749 e. The number of nitrogens with two attached hydrogens (primary N) is 1. The van der Waals surface area contributed by atoms with Gasteiger partial charge in [0.25, 0.3) is 0 Å². The fraction of sp³-hybridized carbons (Fsp3) is 0.647. The number of anilines is 1. The highest BCUT2D eigenvalue weighted by Crippen LogP contribution is 2.26. The molecular weight excluding hydrogens is 284 g/mol. The molecule has 1 aliphatic heterocycles. The minimum atomic E-state index is 0.182. The first-order chi connectivity index (χ1) is 10.1. The van der Waals surface area contributed by atoms with Crippen molar-refractivity contribution in [1.82, 2.24) is 0 Å². The van der Waals surface area contributed by atoms with Gasteiger partial charge in [0.1, 0.15) is 0 Å². The predicted octanol–water partition coefficient (Wildman–Crippen LogP) is 3.63. The van der Waals surface area contributed by atoms with E-state index in [0.29, 0.717) is 6.10 Å². The molecule has 2 atom stereocenters. The van der Waals surface area contributed by atoms with Crippen LogP contribution in [0.5, 0.6) is 0 Å². The smallest absolute Gasteiger partial charge is 0.0749 e. The standard InChI is InChI=1S/C17H27ClN2O/c1-3-15(19)11-13-10-14(18)7-8-17(13)20(2)12-16-6-4-5-9-21-16/h7-8,10,15-16H,3-6,9,11-12,19H2,1-2H3. The summed E-state index contributed by atoms with van der Waals surface area (Å²) in [4.78, 5) is 2.28. The molecule has 0 radical (unpaired) electrons. The molecule has 0 bridgehead atoms. The minimum Gasteiger partial charge on any atom is -0.376 e. The molecule has 21 heavy (non-hydrogen) atoms. The average Bonchev–Trinajstić information content (AvgIpc) is 2.48. The highest BCUT2D eigenvalue weighted by atomic mass is 35.5. The second-order valence-corrected chi connectivity index (χ2v) is 6.45. The van der Waals surface area contributed by atoms with Gasteiger partial charge in [0.2, 0.25) is 0 Å². The van der Waals surface area contributed by atoms with E-state index < -0.39 is 0 Å². The topological polar surface area (TPSA) is 38.5 Å². The SMILES string of the molecule is CCC(N)Cc1cc(Cl)ccc1N(C)CC1CCCCO1. The fourth-order valence-corrected chi connectivity index (χ4v) is 3.07. The molecule has 4 heteroatoms. The Balaban J connectivity index is 2.09. The largest absolute Gasteiger partial charge is 0.376 e. The zero-order chi connectivity index (χ0) is 15.2. The average molecular weight is 311 g/mol. The van der Waals surface area contributed by atoms with Gasteiger partial charge in [-0.2, -0.15) is 0 Å². The molecule has 1 saturated heterocycles. The molecule has 2 unspecified atom stereocenters. The van der Waals surface area contributed by atoms with E-state index in [0.717, 1.165) is 37.4 Å². The lowest BCUT2D eigenvalue weighted by atomic mass is 10.0. The van der Waals surface area contributed by atoms with Gasteiger partial charge >= 0.3 is 0 Å². The first-order valence-corrected chi connectivity index (χ1v) is 8.34.